The van der Waals surface area contributed by atoms with E-state index in [0.717, 1.165) is 42.8 Å². The zero-order valence-corrected chi connectivity index (χ0v) is 19.4. The second-order valence-corrected chi connectivity index (χ2v) is 8.42. The van der Waals surface area contributed by atoms with Crippen molar-refractivity contribution < 1.29 is 9.18 Å². The first-order valence-corrected chi connectivity index (χ1v) is 10.4. The van der Waals surface area contributed by atoms with Crippen LogP contribution in [0.4, 0.5) is 4.39 Å². The number of Topliss-reactive ketones (excluding diaryl/α,β-unsaturated/α-hetero) is 1. The van der Waals surface area contributed by atoms with Gasteiger partial charge in [0.1, 0.15) is 5.82 Å². The first-order valence-electron chi connectivity index (χ1n) is 9.87. The summed E-state index contributed by atoms with van der Waals surface area (Å²) in [6, 6.07) is 12.1. The summed E-state index contributed by atoms with van der Waals surface area (Å²) in [6.07, 6.45) is 4.73. The van der Waals surface area contributed by atoms with Crippen molar-refractivity contribution in [3.05, 3.63) is 70.8 Å². The van der Waals surface area contributed by atoms with Crippen molar-refractivity contribution in [2.24, 2.45) is 5.92 Å². The van der Waals surface area contributed by atoms with Gasteiger partial charge in [-0.15, -0.1) is 24.8 Å². The smallest absolute Gasteiger partial charge is 0.157 e. The summed E-state index contributed by atoms with van der Waals surface area (Å²) in [6.45, 7) is 3.29. The van der Waals surface area contributed by atoms with Crippen LogP contribution >= 0.6 is 37.4 Å². The molecule has 1 aromatic carbocycles. The van der Waals surface area contributed by atoms with E-state index in [-0.39, 0.29) is 47.6 Å². The first kappa shape index (κ1) is 24.9. The zero-order valence-electron chi connectivity index (χ0n) is 16.8. The number of likely N-dealkylation sites (tertiary alicyclic amines) is 1. The molecule has 2 atom stereocenters. The van der Waals surface area contributed by atoms with Gasteiger partial charge in [-0.25, -0.2) is 4.39 Å². The fraction of sp³-hybridized carbons (Fsp3) is 0.391. The van der Waals surface area contributed by atoms with Crippen molar-refractivity contribution in [3.8, 4) is 0 Å². The van der Waals surface area contributed by atoms with E-state index in [1.807, 2.05) is 31.2 Å². The first-order chi connectivity index (χ1) is 13.5. The molecule has 2 aliphatic rings. The van der Waals surface area contributed by atoms with Crippen molar-refractivity contribution in [2.75, 3.05) is 13.1 Å². The molecule has 1 saturated carbocycles. The standard InChI is InChI=1S/C23H25FN2OS.2ClH/c1-15-5-4-6-18(25-15)13-17-14-26(12-11-21(17)28)22(23(27)16-9-10-16)19-7-2-3-8-20(19)24;;/h2-8,13,16,21-22,28H,9-12,14H2,1H3;2*1H/b17-13+;;. The summed E-state index contributed by atoms with van der Waals surface area (Å²) in [5.74, 6) is -0.0830. The molecule has 1 saturated heterocycles. The average molecular weight is 469 g/mol. The highest BCUT2D eigenvalue weighted by Crippen LogP contribution is 2.39. The molecule has 2 aromatic rings. The maximum atomic E-state index is 14.6. The van der Waals surface area contributed by atoms with Gasteiger partial charge >= 0.3 is 0 Å². The third-order valence-electron chi connectivity index (χ3n) is 5.56. The van der Waals surface area contributed by atoms with Crippen molar-refractivity contribution in [1.29, 1.82) is 0 Å². The van der Waals surface area contributed by atoms with E-state index >= 15 is 0 Å². The Hall–Kier alpha value is -1.40. The van der Waals surface area contributed by atoms with Crippen LogP contribution in [0.5, 0.6) is 0 Å². The highest BCUT2D eigenvalue weighted by molar-refractivity contribution is 7.81. The molecule has 0 bridgehead atoms. The number of pyridine rings is 1. The molecule has 0 N–H and O–H groups in total. The Morgan fingerprint density at radius 2 is 1.90 bits per heavy atom. The molecule has 30 heavy (non-hydrogen) atoms. The van der Waals surface area contributed by atoms with Gasteiger partial charge in [0, 0.05) is 35.5 Å². The number of piperidine rings is 1. The minimum Gasteiger partial charge on any atom is -0.297 e. The third-order valence-corrected chi connectivity index (χ3v) is 6.15. The number of aryl methyl sites for hydroxylation is 1. The topological polar surface area (TPSA) is 33.2 Å². The van der Waals surface area contributed by atoms with E-state index in [4.69, 9.17) is 12.6 Å². The Kier molecular flexibility index (Phi) is 8.92. The molecule has 1 aliphatic heterocycles. The van der Waals surface area contributed by atoms with Crippen LogP contribution in [-0.2, 0) is 4.79 Å². The lowest BCUT2D eigenvalue weighted by Gasteiger charge is -2.37. The Labute approximate surface area is 195 Å². The van der Waals surface area contributed by atoms with Crippen LogP contribution in [0.1, 0.15) is 42.3 Å². The molecular weight excluding hydrogens is 442 g/mol. The highest BCUT2D eigenvalue weighted by atomic mass is 35.5. The van der Waals surface area contributed by atoms with Gasteiger partial charge in [-0.1, -0.05) is 24.3 Å². The van der Waals surface area contributed by atoms with E-state index < -0.39 is 6.04 Å². The van der Waals surface area contributed by atoms with Gasteiger partial charge in [-0.2, -0.15) is 12.6 Å². The molecule has 7 heteroatoms. The second-order valence-electron chi connectivity index (χ2n) is 7.80. The highest BCUT2D eigenvalue weighted by Gasteiger charge is 2.40. The number of carbonyl (C=O) groups is 1. The SMILES string of the molecule is Cc1cccc(/C=C2\CN(C(C(=O)C3CC3)c3ccccc3F)CCC2S)n1.Cl.Cl. The van der Waals surface area contributed by atoms with Crippen LogP contribution < -0.4 is 0 Å². The molecule has 4 rings (SSSR count). The van der Waals surface area contributed by atoms with Crippen LogP contribution in [0.3, 0.4) is 0 Å². The van der Waals surface area contributed by atoms with Gasteiger partial charge in [0.05, 0.1) is 11.7 Å². The third kappa shape index (κ3) is 5.64. The van der Waals surface area contributed by atoms with Gasteiger partial charge in [0.2, 0.25) is 0 Å². The van der Waals surface area contributed by atoms with Crippen molar-refractivity contribution in [3.63, 3.8) is 0 Å². The molecule has 2 heterocycles. The molecule has 2 unspecified atom stereocenters. The van der Waals surface area contributed by atoms with E-state index in [2.05, 4.69) is 16.0 Å². The number of hydrogen-bond acceptors (Lipinski definition) is 4. The fourth-order valence-electron chi connectivity index (χ4n) is 3.91. The van der Waals surface area contributed by atoms with Crippen LogP contribution in [0.15, 0.2) is 48.0 Å². The largest absolute Gasteiger partial charge is 0.297 e. The lowest BCUT2D eigenvalue weighted by molar-refractivity contribution is -0.126. The fourth-order valence-corrected chi connectivity index (χ4v) is 4.18. The van der Waals surface area contributed by atoms with E-state index in [1.165, 1.54) is 6.07 Å². The number of thiol groups is 1. The molecule has 0 radical (unpaired) electrons. The number of benzene rings is 1. The lowest BCUT2D eigenvalue weighted by atomic mass is 9.93. The van der Waals surface area contributed by atoms with E-state index in [1.54, 1.807) is 12.1 Å². The Morgan fingerprint density at radius 1 is 1.17 bits per heavy atom. The zero-order chi connectivity index (χ0) is 19.7. The summed E-state index contributed by atoms with van der Waals surface area (Å²) < 4.78 is 14.6. The second kappa shape index (κ2) is 10.8. The predicted octanol–water partition coefficient (Wildman–Crippen LogP) is 5.48. The molecule has 3 nitrogen and oxygen atoms in total. The molecule has 2 fully saturated rings. The molecule has 0 amide bonds. The van der Waals surface area contributed by atoms with Crippen LogP contribution in [0, 0.1) is 18.7 Å². The Bertz CT molecular complexity index is 920. The number of aromatic nitrogens is 1. The van der Waals surface area contributed by atoms with Crippen molar-refractivity contribution in [2.45, 2.75) is 37.5 Å². The summed E-state index contributed by atoms with van der Waals surface area (Å²) in [5, 5.41) is 0.121. The summed E-state index contributed by atoms with van der Waals surface area (Å²) in [7, 11) is 0. The maximum absolute atomic E-state index is 14.6. The van der Waals surface area contributed by atoms with E-state index in [0.29, 0.717) is 12.1 Å². The number of ketones is 1. The number of hydrogen-bond donors (Lipinski definition) is 1. The van der Waals surface area contributed by atoms with E-state index in [9.17, 15) is 9.18 Å². The monoisotopic (exact) mass is 468 g/mol. The van der Waals surface area contributed by atoms with Crippen molar-refractivity contribution in [1.82, 2.24) is 9.88 Å². The van der Waals surface area contributed by atoms with Gasteiger partial charge in [-0.3, -0.25) is 14.7 Å². The molecule has 0 spiro atoms. The van der Waals surface area contributed by atoms with Crippen molar-refractivity contribution >= 4 is 49.3 Å². The molecule has 1 aliphatic carbocycles. The van der Waals surface area contributed by atoms with Gasteiger partial charge in [-0.05, 0) is 56.0 Å². The minimum atomic E-state index is -0.525. The molecular formula is C23H27Cl2FN2OS. The number of carbonyl (C=O) groups excluding carboxylic acids is 1. The quantitative estimate of drug-likeness (QED) is 0.589. The average Bonchev–Trinajstić information content (AvgIpc) is 3.51. The number of halogens is 3. The molecule has 162 valence electrons. The van der Waals surface area contributed by atoms with Gasteiger partial charge in [0.25, 0.3) is 0 Å². The van der Waals surface area contributed by atoms with Gasteiger partial charge < -0.3 is 0 Å². The molecule has 1 aromatic heterocycles. The van der Waals surface area contributed by atoms with Crippen LogP contribution in [0.2, 0.25) is 0 Å². The minimum absolute atomic E-state index is 0. The predicted molar refractivity (Wildman–Crippen MR) is 127 cm³/mol. The normalized spacial score (nSPS) is 21.4. The summed E-state index contributed by atoms with van der Waals surface area (Å²) in [5.41, 5.74) is 3.47. The summed E-state index contributed by atoms with van der Waals surface area (Å²) >= 11 is 4.75. The Balaban J connectivity index is 0.00000160. The number of rotatable bonds is 5. The number of nitrogens with zero attached hydrogens (tertiary/aromatic N) is 2. The lowest BCUT2D eigenvalue weighted by Crippen LogP contribution is -2.42. The van der Waals surface area contributed by atoms with Crippen LogP contribution in [-0.4, -0.2) is 34.0 Å². The summed E-state index contributed by atoms with van der Waals surface area (Å²) in [4.78, 5) is 19.8. The Morgan fingerprint density at radius 3 is 2.57 bits per heavy atom. The van der Waals surface area contributed by atoms with Gasteiger partial charge in [0.15, 0.2) is 5.78 Å². The van der Waals surface area contributed by atoms with Crippen LogP contribution in [0.25, 0.3) is 6.08 Å². The maximum Gasteiger partial charge on any atom is 0.157 e.